The highest BCUT2D eigenvalue weighted by Gasteiger charge is 2.28. The normalized spacial score (nSPS) is 14.2. The Morgan fingerprint density at radius 1 is 1.18 bits per heavy atom. The smallest absolute Gasteiger partial charge is 0.0862 e. The highest BCUT2D eigenvalue weighted by molar-refractivity contribution is 4.73. The third-order valence-corrected chi connectivity index (χ3v) is 4.09. The highest BCUT2D eigenvalue weighted by Crippen LogP contribution is 2.18. The molecule has 0 bridgehead atoms. The van der Waals surface area contributed by atoms with Crippen LogP contribution in [0.4, 0.5) is 0 Å². The molecule has 2 nitrogen and oxygen atoms in total. The fourth-order valence-electron chi connectivity index (χ4n) is 2.80. The van der Waals surface area contributed by atoms with Gasteiger partial charge in [0.25, 0.3) is 0 Å². The zero-order chi connectivity index (χ0) is 13.1. The predicted molar refractivity (Wildman–Crippen MR) is 78.0 cm³/mol. The predicted octanol–water partition coefficient (Wildman–Crippen LogP) is 3.54. The highest BCUT2D eigenvalue weighted by atomic mass is 15.4. The number of nitrogens with one attached hydrogen (secondary N) is 1. The topological polar surface area (TPSA) is 12.0 Å². The lowest BCUT2D eigenvalue weighted by atomic mass is 10.1. The molecular weight excluding hydrogens is 208 g/mol. The molecule has 0 amide bonds. The van der Waals surface area contributed by atoms with Crippen molar-refractivity contribution < 1.29 is 4.48 Å². The van der Waals surface area contributed by atoms with Crippen molar-refractivity contribution in [3.63, 3.8) is 0 Å². The summed E-state index contributed by atoms with van der Waals surface area (Å²) in [6.45, 7) is 16.4. The summed E-state index contributed by atoms with van der Waals surface area (Å²) in [5, 5.41) is 3.32. The van der Waals surface area contributed by atoms with E-state index in [2.05, 4.69) is 39.1 Å². The summed E-state index contributed by atoms with van der Waals surface area (Å²) in [5.74, 6) is 0. The summed E-state index contributed by atoms with van der Waals surface area (Å²) in [6, 6.07) is 0.789. The van der Waals surface area contributed by atoms with Gasteiger partial charge in [0.15, 0.2) is 0 Å². The van der Waals surface area contributed by atoms with Crippen molar-refractivity contribution in [2.24, 2.45) is 0 Å². The molecule has 2 heteroatoms. The molecule has 0 aromatic rings. The monoisotopic (exact) mass is 241 g/mol. The van der Waals surface area contributed by atoms with E-state index in [-0.39, 0.29) is 0 Å². The Balaban J connectivity index is 4.09. The Kier molecular flexibility index (Phi) is 9.24. The van der Waals surface area contributed by atoms with Crippen LogP contribution in [0.3, 0.4) is 0 Å². The maximum absolute atomic E-state index is 3.32. The Labute approximate surface area is 109 Å². The van der Waals surface area contributed by atoms with Gasteiger partial charge in [-0.3, -0.25) is 0 Å². The summed E-state index contributed by atoms with van der Waals surface area (Å²) in [5.41, 5.74) is 0. The van der Waals surface area contributed by atoms with Gasteiger partial charge < -0.3 is 9.80 Å². The van der Waals surface area contributed by atoms with E-state index in [4.69, 9.17) is 0 Å². The van der Waals surface area contributed by atoms with Gasteiger partial charge in [-0.25, -0.2) is 0 Å². The van der Waals surface area contributed by atoms with Crippen LogP contribution in [0.2, 0.25) is 0 Å². The lowest BCUT2D eigenvalue weighted by Gasteiger charge is -2.42. The maximum atomic E-state index is 3.32. The molecule has 0 saturated carbocycles. The minimum atomic E-state index is 0.789. The molecule has 0 rings (SSSR count). The van der Waals surface area contributed by atoms with Crippen LogP contribution in [0, 0.1) is 0 Å². The molecule has 0 aliphatic heterocycles. The van der Waals surface area contributed by atoms with E-state index in [1.807, 2.05) is 13.1 Å². The zero-order valence-corrected chi connectivity index (χ0v) is 12.6. The number of quaternary nitrogens is 1. The molecule has 17 heavy (non-hydrogen) atoms. The second-order valence-corrected chi connectivity index (χ2v) is 5.02. The first-order valence-electron chi connectivity index (χ1n) is 7.37. The van der Waals surface area contributed by atoms with Gasteiger partial charge in [-0.2, -0.15) is 0 Å². The molecule has 102 valence electrons. The maximum Gasteiger partial charge on any atom is 0.0862 e. The molecule has 0 aromatic heterocycles. The number of hydrogen-bond donors (Lipinski definition) is 1. The van der Waals surface area contributed by atoms with Gasteiger partial charge in [-0.15, -0.1) is 0 Å². The van der Waals surface area contributed by atoms with E-state index in [0.29, 0.717) is 0 Å². The first kappa shape index (κ1) is 16.5. The van der Waals surface area contributed by atoms with Crippen molar-refractivity contribution in [3.8, 4) is 0 Å². The molecule has 0 spiro atoms. The molecule has 1 atom stereocenters. The summed E-state index contributed by atoms with van der Waals surface area (Å²) in [7, 11) is 0. The van der Waals surface area contributed by atoms with Crippen LogP contribution in [0.25, 0.3) is 0 Å². The van der Waals surface area contributed by atoms with Gasteiger partial charge in [0.2, 0.25) is 0 Å². The van der Waals surface area contributed by atoms with Crippen molar-refractivity contribution >= 4 is 0 Å². The van der Waals surface area contributed by atoms with Gasteiger partial charge in [-0.1, -0.05) is 13.0 Å². The molecule has 0 aliphatic rings. The van der Waals surface area contributed by atoms with E-state index in [0.717, 1.165) is 12.6 Å². The Hall–Kier alpha value is -0.500. The van der Waals surface area contributed by atoms with Crippen LogP contribution in [-0.4, -0.2) is 36.7 Å². The van der Waals surface area contributed by atoms with Gasteiger partial charge in [0.05, 0.1) is 25.7 Å². The quantitative estimate of drug-likeness (QED) is 0.456. The van der Waals surface area contributed by atoms with Crippen molar-refractivity contribution in [2.75, 3.05) is 26.2 Å². The van der Waals surface area contributed by atoms with Gasteiger partial charge in [0.1, 0.15) is 0 Å². The van der Waals surface area contributed by atoms with E-state index in [9.17, 15) is 0 Å². The fraction of sp³-hybridized carbons (Fsp3) is 0.867. The summed E-state index contributed by atoms with van der Waals surface area (Å²) < 4.78 is 1.29. The van der Waals surface area contributed by atoms with E-state index in [1.165, 1.54) is 43.4 Å². The standard InChI is InChI=1S/C15H33N2/c1-6-12-16-13-10-11-15(5)17(8-3,9-4)14-7-2/h6,12,15-16H,7-11,13-14H2,1-5H3/q+1. The van der Waals surface area contributed by atoms with Gasteiger partial charge >= 0.3 is 0 Å². The average molecular weight is 241 g/mol. The lowest BCUT2D eigenvalue weighted by Crippen LogP contribution is -2.54. The number of hydrogen-bond acceptors (Lipinski definition) is 1. The third kappa shape index (κ3) is 5.58. The van der Waals surface area contributed by atoms with Crippen LogP contribution in [0.15, 0.2) is 12.3 Å². The van der Waals surface area contributed by atoms with Crippen LogP contribution in [-0.2, 0) is 0 Å². The molecule has 0 fully saturated rings. The fourth-order valence-corrected chi connectivity index (χ4v) is 2.80. The van der Waals surface area contributed by atoms with E-state index >= 15 is 0 Å². The van der Waals surface area contributed by atoms with Crippen LogP contribution >= 0.6 is 0 Å². The molecule has 0 radical (unpaired) electrons. The second-order valence-electron chi connectivity index (χ2n) is 5.02. The van der Waals surface area contributed by atoms with Crippen LogP contribution < -0.4 is 5.32 Å². The van der Waals surface area contributed by atoms with E-state index in [1.54, 1.807) is 0 Å². The molecule has 0 heterocycles. The average Bonchev–Trinajstić information content (AvgIpc) is 2.35. The number of nitrogens with zero attached hydrogens (tertiary/aromatic N) is 1. The molecule has 0 aromatic carbocycles. The first-order chi connectivity index (χ1) is 8.16. The summed E-state index contributed by atoms with van der Waals surface area (Å²) >= 11 is 0. The van der Waals surface area contributed by atoms with Crippen LogP contribution in [0.5, 0.6) is 0 Å². The Morgan fingerprint density at radius 2 is 1.82 bits per heavy atom. The molecule has 1 unspecified atom stereocenters. The second kappa shape index (κ2) is 9.52. The largest absolute Gasteiger partial charge is 0.391 e. The Morgan fingerprint density at radius 3 is 2.29 bits per heavy atom. The van der Waals surface area contributed by atoms with Gasteiger partial charge in [-0.05, 0) is 46.7 Å². The summed E-state index contributed by atoms with van der Waals surface area (Å²) in [6.07, 6.45) is 7.99. The first-order valence-corrected chi connectivity index (χ1v) is 7.37. The third-order valence-electron chi connectivity index (χ3n) is 4.09. The summed E-state index contributed by atoms with van der Waals surface area (Å²) in [4.78, 5) is 0. The van der Waals surface area contributed by atoms with Crippen molar-refractivity contribution in [2.45, 2.75) is 59.9 Å². The number of allylic oxidation sites excluding steroid dienone is 1. The number of rotatable bonds is 10. The molecule has 0 aliphatic carbocycles. The molecular formula is C15H33N2+. The van der Waals surface area contributed by atoms with Crippen molar-refractivity contribution in [3.05, 3.63) is 12.3 Å². The van der Waals surface area contributed by atoms with Crippen LogP contribution in [0.1, 0.15) is 53.9 Å². The zero-order valence-electron chi connectivity index (χ0n) is 12.6. The lowest BCUT2D eigenvalue weighted by molar-refractivity contribution is -0.946. The van der Waals surface area contributed by atoms with Crippen molar-refractivity contribution in [1.29, 1.82) is 0 Å². The van der Waals surface area contributed by atoms with E-state index < -0.39 is 0 Å². The van der Waals surface area contributed by atoms with Gasteiger partial charge in [0, 0.05) is 13.0 Å². The molecule has 0 saturated heterocycles. The minimum Gasteiger partial charge on any atom is -0.391 e. The molecule has 1 N–H and O–H groups in total. The SMILES string of the molecule is CC=CNCCCC(C)[N+](CC)(CC)CCC. The minimum absolute atomic E-state index is 0.789. The Bertz CT molecular complexity index is 195. The van der Waals surface area contributed by atoms with Crippen molar-refractivity contribution in [1.82, 2.24) is 5.32 Å².